The van der Waals surface area contributed by atoms with Crippen molar-refractivity contribution in [2.75, 3.05) is 10.2 Å². The van der Waals surface area contributed by atoms with Gasteiger partial charge in [-0.1, -0.05) is 49.1 Å². The van der Waals surface area contributed by atoms with Crippen LogP contribution in [0.2, 0.25) is 10.0 Å². The van der Waals surface area contributed by atoms with Gasteiger partial charge in [-0.05, 0) is 24.6 Å². The highest BCUT2D eigenvalue weighted by Gasteiger charge is 2.37. The van der Waals surface area contributed by atoms with Crippen LogP contribution in [0.5, 0.6) is 0 Å². The standard InChI is InChI=1S/C18H19Cl2N3O3/c1-18(2,3)14-9-15(22-26-14)21-17(25)13-4-5-16(24)23(13)12-7-10(19)6-11(20)8-12/h6-9,13H,4-5H2,1-3H3,(H,21,22,25)/t13-/m0/s1. The smallest absolute Gasteiger partial charge is 0.248 e. The Morgan fingerprint density at radius 1 is 1.23 bits per heavy atom. The number of benzene rings is 1. The van der Waals surface area contributed by atoms with Crippen LogP contribution in [0.1, 0.15) is 39.4 Å². The molecule has 1 atom stereocenters. The van der Waals surface area contributed by atoms with E-state index in [4.69, 9.17) is 27.7 Å². The van der Waals surface area contributed by atoms with E-state index in [0.717, 1.165) is 0 Å². The summed E-state index contributed by atoms with van der Waals surface area (Å²) in [5.41, 5.74) is 0.281. The molecule has 6 nitrogen and oxygen atoms in total. The Morgan fingerprint density at radius 3 is 2.46 bits per heavy atom. The van der Waals surface area contributed by atoms with Crippen LogP contribution < -0.4 is 10.2 Å². The summed E-state index contributed by atoms with van der Waals surface area (Å²) in [4.78, 5) is 26.5. The van der Waals surface area contributed by atoms with E-state index in [0.29, 0.717) is 33.7 Å². The van der Waals surface area contributed by atoms with Gasteiger partial charge in [-0.2, -0.15) is 0 Å². The largest absolute Gasteiger partial charge is 0.359 e. The molecule has 1 aromatic heterocycles. The molecule has 0 spiro atoms. The number of nitrogens with one attached hydrogen (secondary N) is 1. The van der Waals surface area contributed by atoms with E-state index < -0.39 is 6.04 Å². The molecule has 1 aliphatic rings. The average molecular weight is 396 g/mol. The minimum Gasteiger partial charge on any atom is -0.359 e. The molecule has 1 fully saturated rings. The highest BCUT2D eigenvalue weighted by Crippen LogP contribution is 2.32. The van der Waals surface area contributed by atoms with E-state index >= 15 is 0 Å². The van der Waals surface area contributed by atoms with E-state index in [2.05, 4.69) is 10.5 Å². The van der Waals surface area contributed by atoms with E-state index in [1.807, 2.05) is 20.8 Å². The Morgan fingerprint density at radius 2 is 1.88 bits per heavy atom. The van der Waals surface area contributed by atoms with Crippen LogP contribution in [0.4, 0.5) is 11.5 Å². The molecular formula is C18H19Cl2N3O3. The second-order valence-electron chi connectivity index (χ2n) is 7.26. The molecule has 0 aliphatic carbocycles. The van der Waals surface area contributed by atoms with E-state index in [9.17, 15) is 9.59 Å². The zero-order chi connectivity index (χ0) is 19.1. The van der Waals surface area contributed by atoms with Crippen LogP contribution in [0, 0.1) is 0 Å². The summed E-state index contributed by atoms with van der Waals surface area (Å²) in [6.45, 7) is 5.96. The molecule has 1 aromatic carbocycles. The van der Waals surface area contributed by atoms with Crippen molar-refractivity contribution in [1.29, 1.82) is 0 Å². The Hall–Kier alpha value is -2.05. The quantitative estimate of drug-likeness (QED) is 0.834. The van der Waals surface area contributed by atoms with E-state index in [1.54, 1.807) is 24.3 Å². The maximum absolute atomic E-state index is 12.7. The number of anilines is 2. The third-order valence-electron chi connectivity index (χ3n) is 4.14. The molecule has 0 bridgehead atoms. The lowest BCUT2D eigenvalue weighted by Crippen LogP contribution is -2.41. The molecule has 1 N–H and O–H groups in total. The maximum Gasteiger partial charge on any atom is 0.248 e. The zero-order valence-electron chi connectivity index (χ0n) is 14.7. The number of carbonyl (C=O) groups excluding carboxylic acids is 2. The maximum atomic E-state index is 12.7. The highest BCUT2D eigenvalue weighted by molar-refractivity contribution is 6.35. The van der Waals surface area contributed by atoms with Crippen LogP contribution in [-0.4, -0.2) is 23.0 Å². The predicted octanol–water partition coefficient (Wildman–Crippen LogP) is 4.41. The van der Waals surface area contributed by atoms with E-state index in [1.165, 1.54) is 4.90 Å². The number of rotatable bonds is 3. The fourth-order valence-corrected chi connectivity index (χ4v) is 3.35. The lowest BCUT2D eigenvalue weighted by Gasteiger charge is -2.24. The van der Waals surface area contributed by atoms with Crippen molar-refractivity contribution < 1.29 is 14.1 Å². The number of carbonyl (C=O) groups is 2. The Balaban J connectivity index is 1.81. The number of hydrogen-bond acceptors (Lipinski definition) is 4. The van der Waals surface area contributed by atoms with Gasteiger partial charge in [0.25, 0.3) is 0 Å². The molecule has 0 unspecified atom stereocenters. The van der Waals surface area contributed by atoms with Crippen LogP contribution >= 0.6 is 23.2 Å². The van der Waals surface area contributed by atoms with Crippen molar-refractivity contribution in [3.63, 3.8) is 0 Å². The van der Waals surface area contributed by atoms with E-state index in [-0.39, 0.29) is 23.7 Å². The third kappa shape index (κ3) is 3.86. The monoisotopic (exact) mass is 395 g/mol. The number of nitrogens with zero attached hydrogens (tertiary/aromatic N) is 2. The first-order valence-corrected chi connectivity index (χ1v) is 8.97. The summed E-state index contributed by atoms with van der Waals surface area (Å²) >= 11 is 12.1. The molecule has 0 saturated carbocycles. The summed E-state index contributed by atoms with van der Waals surface area (Å²) in [5, 5.41) is 7.41. The molecule has 2 amide bonds. The number of halogens is 2. The van der Waals surface area contributed by atoms with Crippen molar-refractivity contribution in [2.24, 2.45) is 0 Å². The summed E-state index contributed by atoms with van der Waals surface area (Å²) in [7, 11) is 0. The normalized spacial score (nSPS) is 17.7. The average Bonchev–Trinajstić information content (AvgIpc) is 3.12. The van der Waals surface area contributed by atoms with Gasteiger partial charge < -0.3 is 9.84 Å². The Labute approximate surface area is 161 Å². The van der Waals surface area contributed by atoms with Gasteiger partial charge >= 0.3 is 0 Å². The molecular weight excluding hydrogens is 377 g/mol. The van der Waals surface area contributed by atoms with Gasteiger partial charge in [0.2, 0.25) is 11.8 Å². The first-order chi connectivity index (χ1) is 12.1. The van der Waals surface area contributed by atoms with Gasteiger partial charge in [0.05, 0.1) is 0 Å². The predicted molar refractivity (Wildman–Crippen MR) is 101 cm³/mol. The zero-order valence-corrected chi connectivity index (χ0v) is 16.2. The topological polar surface area (TPSA) is 75.4 Å². The second-order valence-corrected chi connectivity index (χ2v) is 8.13. The highest BCUT2D eigenvalue weighted by atomic mass is 35.5. The summed E-state index contributed by atoms with van der Waals surface area (Å²) in [5.74, 6) is 0.497. The van der Waals surface area contributed by atoms with Crippen molar-refractivity contribution in [2.45, 2.75) is 45.1 Å². The first-order valence-electron chi connectivity index (χ1n) is 8.21. The lowest BCUT2D eigenvalue weighted by atomic mass is 9.93. The Bertz CT molecular complexity index is 837. The third-order valence-corrected chi connectivity index (χ3v) is 4.58. The van der Waals surface area contributed by atoms with Crippen LogP contribution in [-0.2, 0) is 15.0 Å². The second kappa shape index (κ2) is 6.93. The van der Waals surface area contributed by atoms with Gasteiger partial charge in [0, 0.05) is 33.6 Å². The molecule has 0 radical (unpaired) electrons. The summed E-state index contributed by atoms with van der Waals surface area (Å²) in [6, 6.07) is 5.84. The van der Waals surface area contributed by atoms with Crippen molar-refractivity contribution in [3.05, 3.63) is 40.1 Å². The molecule has 138 valence electrons. The van der Waals surface area contributed by atoms with Gasteiger partial charge in [0.1, 0.15) is 11.8 Å². The van der Waals surface area contributed by atoms with Crippen LogP contribution in [0.3, 0.4) is 0 Å². The lowest BCUT2D eigenvalue weighted by molar-refractivity contribution is -0.120. The number of amides is 2. The molecule has 2 heterocycles. The minimum absolute atomic E-state index is 0.154. The Kier molecular flexibility index (Phi) is 4.99. The first kappa shape index (κ1) is 18.7. The molecule has 2 aromatic rings. The van der Waals surface area contributed by atoms with Gasteiger partial charge in [-0.15, -0.1) is 0 Å². The van der Waals surface area contributed by atoms with Crippen molar-refractivity contribution >= 4 is 46.5 Å². The molecule has 1 saturated heterocycles. The van der Waals surface area contributed by atoms with Crippen LogP contribution in [0.15, 0.2) is 28.8 Å². The van der Waals surface area contributed by atoms with Gasteiger partial charge in [0.15, 0.2) is 5.82 Å². The van der Waals surface area contributed by atoms with Gasteiger partial charge in [-0.25, -0.2) is 0 Å². The summed E-state index contributed by atoms with van der Waals surface area (Å²) < 4.78 is 5.28. The molecule has 1 aliphatic heterocycles. The fraction of sp³-hybridized carbons (Fsp3) is 0.389. The fourth-order valence-electron chi connectivity index (χ4n) is 2.83. The number of aromatic nitrogens is 1. The molecule has 26 heavy (non-hydrogen) atoms. The summed E-state index contributed by atoms with van der Waals surface area (Å²) in [6.07, 6.45) is 0.674. The van der Waals surface area contributed by atoms with Gasteiger partial charge in [-0.3, -0.25) is 14.5 Å². The molecule has 8 heteroatoms. The number of hydrogen-bond donors (Lipinski definition) is 1. The van der Waals surface area contributed by atoms with Crippen LogP contribution in [0.25, 0.3) is 0 Å². The minimum atomic E-state index is -0.660. The van der Waals surface area contributed by atoms with Crippen molar-refractivity contribution in [1.82, 2.24) is 5.16 Å². The molecule has 3 rings (SSSR count). The SMILES string of the molecule is CC(C)(C)c1cc(NC(=O)[C@@H]2CCC(=O)N2c2cc(Cl)cc(Cl)c2)no1. The van der Waals surface area contributed by atoms with Crippen molar-refractivity contribution in [3.8, 4) is 0 Å².